The molecule has 0 bridgehead atoms. The van der Waals surface area contributed by atoms with E-state index in [0.717, 1.165) is 0 Å². The van der Waals surface area contributed by atoms with E-state index in [-0.39, 0.29) is 24.1 Å². The number of benzene rings is 1. The molecule has 23 heavy (non-hydrogen) atoms. The molecule has 1 aromatic rings. The second-order valence-electron chi connectivity index (χ2n) is 5.26. The molecule has 1 fully saturated rings. The number of rotatable bonds is 4. The van der Waals surface area contributed by atoms with Crippen molar-refractivity contribution >= 4 is 18.2 Å². The molecule has 0 spiro atoms. The molecule has 2 amide bonds. The Labute approximate surface area is 134 Å². The molecule has 8 heteroatoms. The van der Waals surface area contributed by atoms with Crippen LogP contribution >= 0.6 is 0 Å². The van der Waals surface area contributed by atoms with Gasteiger partial charge in [-0.15, -0.1) is 0 Å². The molecule has 8 nitrogen and oxygen atoms in total. The highest BCUT2D eigenvalue weighted by atomic mass is 16.3. The summed E-state index contributed by atoms with van der Waals surface area (Å²) in [6.45, 7) is 5.10. The number of aromatic hydroxyl groups is 1. The third-order valence-electron chi connectivity index (χ3n) is 3.97. The fourth-order valence-electron chi connectivity index (χ4n) is 2.81. The fourth-order valence-corrected chi connectivity index (χ4v) is 2.81. The average molecular weight is 316 g/mol. The Morgan fingerprint density at radius 2 is 2.09 bits per heavy atom. The van der Waals surface area contributed by atoms with Crippen LogP contribution in [-0.4, -0.2) is 58.5 Å². The van der Waals surface area contributed by atoms with Crippen LogP contribution in [0.15, 0.2) is 34.4 Å². The smallest absolute Gasteiger partial charge is 0.323 e. The fraction of sp³-hybridized carbons (Fsp3) is 0.400. The van der Waals surface area contributed by atoms with Crippen molar-refractivity contribution in [2.24, 2.45) is 10.1 Å². The van der Waals surface area contributed by atoms with E-state index in [1.807, 2.05) is 19.9 Å². The maximum Gasteiger partial charge on any atom is 0.323 e. The number of hydrazone groups is 1. The Balaban J connectivity index is 1.68. The Bertz CT molecular complexity index is 659. The van der Waals surface area contributed by atoms with Crippen LogP contribution < -0.4 is 10.7 Å². The first-order valence-electron chi connectivity index (χ1n) is 7.64. The number of hydrogen-bond donors (Lipinski definition) is 3. The Morgan fingerprint density at radius 3 is 2.78 bits per heavy atom. The molecule has 0 radical (unpaired) electrons. The lowest BCUT2D eigenvalue weighted by Gasteiger charge is -2.20. The molecular weight excluding hydrogens is 296 g/mol. The van der Waals surface area contributed by atoms with E-state index in [1.54, 1.807) is 28.0 Å². The maximum atomic E-state index is 12.2. The van der Waals surface area contributed by atoms with Crippen molar-refractivity contribution in [1.29, 1.82) is 0 Å². The molecule has 3 rings (SSSR count). The van der Waals surface area contributed by atoms with Gasteiger partial charge >= 0.3 is 6.03 Å². The summed E-state index contributed by atoms with van der Waals surface area (Å²) < 4.78 is 0. The molecule has 1 aromatic carbocycles. The van der Waals surface area contributed by atoms with E-state index >= 15 is 0 Å². The highest BCUT2D eigenvalue weighted by Crippen LogP contribution is 2.25. The number of phenolic OH excluding ortho intramolecular Hbond substituents is 1. The van der Waals surface area contributed by atoms with Gasteiger partial charge in [0.25, 0.3) is 0 Å². The zero-order valence-electron chi connectivity index (χ0n) is 13.1. The third kappa shape index (κ3) is 2.67. The number of phenols is 1. The van der Waals surface area contributed by atoms with E-state index in [0.29, 0.717) is 24.6 Å². The van der Waals surface area contributed by atoms with Crippen molar-refractivity contribution in [2.45, 2.75) is 26.2 Å². The summed E-state index contributed by atoms with van der Waals surface area (Å²) in [7, 11) is 0. The normalized spacial score (nSPS) is 23.2. The lowest BCUT2D eigenvalue weighted by molar-refractivity contribution is 0.187. The van der Waals surface area contributed by atoms with Crippen LogP contribution in [-0.2, 0) is 0 Å². The zero-order valence-corrected chi connectivity index (χ0v) is 13.1. The monoisotopic (exact) mass is 316 g/mol. The molecule has 122 valence electrons. The second kappa shape index (κ2) is 6.15. The molecule has 3 N–H and O–H groups in total. The van der Waals surface area contributed by atoms with Crippen LogP contribution in [0.25, 0.3) is 0 Å². The molecule has 0 saturated carbocycles. The predicted octanol–water partition coefficient (Wildman–Crippen LogP) is 0.705. The van der Waals surface area contributed by atoms with Gasteiger partial charge in [-0.05, 0) is 26.0 Å². The third-order valence-corrected chi connectivity index (χ3v) is 3.97. The standard InChI is InChI=1S/C15H20N6O2/c1-3-20-12-13(21(4-2)15(20)23)18-14(17-12)19-16-9-10-7-5-6-8-11(10)22/h5-9,12-13,22H,3-4H2,1-2H3,(H2,17,18,19)/b16-9+. The number of nitrogens with one attached hydrogen (secondary N) is 2. The van der Waals surface area contributed by atoms with E-state index < -0.39 is 0 Å². The number of hydrogen-bond acceptors (Lipinski definition) is 6. The number of para-hydroxylation sites is 1. The van der Waals surface area contributed by atoms with Crippen molar-refractivity contribution < 1.29 is 9.90 Å². The molecule has 2 atom stereocenters. The Morgan fingerprint density at radius 1 is 1.35 bits per heavy atom. The molecular formula is C15H20N6O2. The number of likely N-dealkylation sites (N-methyl/N-ethyl adjacent to an activating group) is 2. The van der Waals surface area contributed by atoms with Crippen LogP contribution in [0.4, 0.5) is 4.79 Å². The minimum Gasteiger partial charge on any atom is -0.507 e. The van der Waals surface area contributed by atoms with Crippen LogP contribution in [0.5, 0.6) is 5.75 Å². The van der Waals surface area contributed by atoms with E-state index in [4.69, 9.17) is 0 Å². The first-order valence-corrected chi connectivity index (χ1v) is 7.64. The molecule has 1 saturated heterocycles. The van der Waals surface area contributed by atoms with Crippen molar-refractivity contribution in [3.8, 4) is 5.75 Å². The largest absolute Gasteiger partial charge is 0.507 e. The molecule has 2 unspecified atom stereocenters. The van der Waals surface area contributed by atoms with Crippen LogP contribution in [0.2, 0.25) is 0 Å². The Kier molecular flexibility index (Phi) is 4.05. The number of nitrogens with zero attached hydrogens (tertiary/aromatic N) is 4. The summed E-state index contributed by atoms with van der Waals surface area (Å²) in [6, 6.07) is 6.93. The summed E-state index contributed by atoms with van der Waals surface area (Å²) in [5.74, 6) is 0.673. The molecule has 0 aliphatic carbocycles. The van der Waals surface area contributed by atoms with Crippen LogP contribution in [0.3, 0.4) is 0 Å². The first-order chi connectivity index (χ1) is 11.2. The summed E-state index contributed by atoms with van der Waals surface area (Å²) in [4.78, 5) is 20.1. The highest BCUT2D eigenvalue weighted by molar-refractivity contribution is 5.88. The van der Waals surface area contributed by atoms with Gasteiger partial charge in [0.15, 0.2) is 6.17 Å². The first kappa shape index (κ1) is 15.1. The van der Waals surface area contributed by atoms with E-state index in [1.165, 1.54) is 6.21 Å². The van der Waals surface area contributed by atoms with Gasteiger partial charge in [-0.2, -0.15) is 5.10 Å². The summed E-state index contributed by atoms with van der Waals surface area (Å²) >= 11 is 0. The van der Waals surface area contributed by atoms with Gasteiger partial charge < -0.3 is 15.3 Å². The quantitative estimate of drug-likeness (QED) is 0.563. The SMILES string of the molecule is CCN1C(=O)N(CC)C2NC(N/N=C/c3ccccc3O)=NC21. The number of guanidine groups is 1. The van der Waals surface area contributed by atoms with Gasteiger partial charge in [-0.25, -0.2) is 15.2 Å². The number of carbonyl (C=O) groups excluding carboxylic acids is 1. The van der Waals surface area contributed by atoms with Gasteiger partial charge in [-0.3, -0.25) is 4.90 Å². The van der Waals surface area contributed by atoms with Gasteiger partial charge in [0.05, 0.1) is 6.21 Å². The van der Waals surface area contributed by atoms with Crippen LogP contribution in [0.1, 0.15) is 19.4 Å². The second-order valence-corrected chi connectivity index (χ2v) is 5.26. The topological polar surface area (TPSA) is 92.6 Å². The zero-order chi connectivity index (χ0) is 16.4. The van der Waals surface area contributed by atoms with Gasteiger partial charge in [0.1, 0.15) is 11.9 Å². The summed E-state index contributed by atoms with van der Waals surface area (Å²) in [6.07, 6.45) is 1.11. The van der Waals surface area contributed by atoms with Gasteiger partial charge in [0.2, 0.25) is 5.96 Å². The molecule has 2 aliphatic heterocycles. The lowest BCUT2D eigenvalue weighted by Crippen LogP contribution is -2.47. The number of carbonyl (C=O) groups is 1. The van der Waals surface area contributed by atoms with Crippen molar-refractivity contribution in [3.05, 3.63) is 29.8 Å². The number of urea groups is 1. The van der Waals surface area contributed by atoms with Crippen LogP contribution in [0, 0.1) is 0 Å². The lowest BCUT2D eigenvalue weighted by atomic mass is 10.2. The molecule has 0 aromatic heterocycles. The predicted molar refractivity (Wildman–Crippen MR) is 87.1 cm³/mol. The Hall–Kier alpha value is -2.77. The summed E-state index contributed by atoms with van der Waals surface area (Å²) in [5.41, 5.74) is 3.43. The van der Waals surface area contributed by atoms with Crippen molar-refractivity contribution in [3.63, 3.8) is 0 Å². The van der Waals surface area contributed by atoms with Gasteiger partial charge in [0, 0.05) is 18.7 Å². The molecule has 2 aliphatic rings. The summed E-state index contributed by atoms with van der Waals surface area (Å²) in [5, 5.41) is 16.9. The number of fused-ring (bicyclic) bond motifs is 1. The molecule has 2 heterocycles. The number of amides is 2. The maximum absolute atomic E-state index is 12.2. The minimum atomic E-state index is -0.240. The van der Waals surface area contributed by atoms with Crippen molar-refractivity contribution in [1.82, 2.24) is 20.5 Å². The van der Waals surface area contributed by atoms with E-state index in [9.17, 15) is 9.90 Å². The number of aliphatic imine (C=N–C) groups is 1. The average Bonchev–Trinajstić information content (AvgIpc) is 3.04. The minimum absolute atomic E-state index is 0.00184. The van der Waals surface area contributed by atoms with E-state index in [2.05, 4.69) is 20.8 Å². The highest BCUT2D eigenvalue weighted by Gasteiger charge is 2.48. The van der Waals surface area contributed by atoms with Crippen molar-refractivity contribution in [2.75, 3.05) is 13.1 Å². The van der Waals surface area contributed by atoms with Gasteiger partial charge in [-0.1, -0.05) is 12.1 Å².